The Morgan fingerprint density at radius 2 is 1.70 bits per heavy atom. The Hall–Kier alpha value is -2.22. The smallest absolute Gasteiger partial charge is 0.119 e. The molecule has 2 aromatic carbocycles. The fraction of sp³-hybridized carbons (Fsp3) is 0.348. The molecule has 4 heteroatoms. The molecule has 142 valence electrons. The minimum Gasteiger partial charge on any atom is -0.492 e. The Labute approximate surface area is 167 Å². The van der Waals surface area contributed by atoms with Gasteiger partial charge in [0.2, 0.25) is 0 Å². The van der Waals surface area contributed by atoms with Gasteiger partial charge in [0.05, 0.1) is 11.6 Å². The molecule has 0 aliphatic heterocycles. The van der Waals surface area contributed by atoms with Crippen LogP contribution in [-0.4, -0.2) is 36.9 Å². The van der Waals surface area contributed by atoms with E-state index in [1.807, 2.05) is 42.1 Å². The van der Waals surface area contributed by atoms with E-state index in [1.165, 1.54) is 4.90 Å². The number of allylic oxidation sites excluding steroid dienone is 1. The van der Waals surface area contributed by atoms with E-state index in [0.29, 0.717) is 12.2 Å². The van der Waals surface area contributed by atoms with Crippen molar-refractivity contribution in [3.63, 3.8) is 0 Å². The molecule has 0 amide bonds. The SMILES string of the molecule is CCSc1ccc(C=C(C#N)c2ccc(OCCN(CC)CC)cc2)cc1. The van der Waals surface area contributed by atoms with Crippen LogP contribution in [0.2, 0.25) is 0 Å². The summed E-state index contributed by atoms with van der Waals surface area (Å²) in [5, 5.41) is 9.55. The predicted octanol–water partition coefficient (Wildman–Crippen LogP) is 5.58. The molecule has 0 aromatic heterocycles. The Morgan fingerprint density at radius 3 is 2.26 bits per heavy atom. The summed E-state index contributed by atoms with van der Waals surface area (Å²) in [7, 11) is 0. The van der Waals surface area contributed by atoms with Crippen LogP contribution in [0.3, 0.4) is 0 Å². The van der Waals surface area contributed by atoms with E-state index in [4.69, 9.17) is 4.74 Å². The topological polar surface area (TPSA) is 36.3 Å². The van der Waals surface area contributed by atoms with Gasteiger partial charge in [0.1, 0.15) is 12.4 Å². The monoisotopic (exact) mass is 380 g/mol. The van der Waals surface area contributed by atoms with Gasteiger partial charge in [-0.15, -0.1) is 11.8 Å². The molecule has 0 heterocycles. The van der Waals surface area contributed by atoms with Crippen molar-refractivity contribution in [2.45, 2.75) is 25.7 Å². The van der Waals surface area contributed by atoms with Gasteiger partial charge in [-0.3, -0.25) is 0 Å². The third-order valence-corrected chi connectivity index (χ3v) is 5.25. The lowest BCUT2D eigenvalue weighted by Gasteiger charge is -2.18. The maximum absolute atomic E-state index is 9.55. The highest BCUT2D eigenvalue weighted by Gasteiger charge is 2.04. The van der Waals surface area contributed by atoms with Crippen LogP contribution < -0.4 is 4.74 Å². The Kier molecular flexibility index (Phi) is 8.97. The van der Waals surface area contributed by atoms with Crippen LogP contribution in [0.4, 0.5) is 0 Å². The minimum atomic E-state index is 0.653. The number of nitrogens with zero attached hydrogens (tertiary/aromatic N) is 2. The standard InChI is InChI=1S/C23H28N2OS/c1-4-25(5-2)15-16-26-22-11-9-20(10-12-22)21(18-24)17-19-7-13-23(14-8-19)27-6-3/h7-14,17H,4-6,15-16H2,1-3H3. The summed E-state index contributed by atoms with van der Waals surface area (Å²) in [6, 6.07) is 18.4. The molecule has 3 nitrogen and oxygen atoms in total. The molecule has 2 aromatic rings. The maximum atomic E-state index is 9.55. The van der Waals surface area contributed by atoms with Crippen molar-refractivity contribution in [3.8, 4) is 11.8 Å². The van der Waals surface area contributed by atoms with E-state index >= 15 is 0 Å². The summed E-state index contributed by atoms with van der Waals surface area (Å²) in [5.41, 5.74) is 2.59. The second-order valence-corrected chi connectivity index (χ2v) is 7.41. The lowest BCUT2D eigenvalue weighted by molar-refractivity contribution is 0.223. The van der Waals surface area contributed by atoms with E-state index in [0.717, 1.165) is 42.3 Å². The van der Waals surface area contributed by atoms with Gasteiger partial charge in [-0.25, -0.2) is 0 Å². The van der Waals surface area contributed by atoms with Gasteiger partial charge in [-0.1, -0.05) is 32.9 Å². The maximum Gasteiger partial charge on any atom is 0.119 e. The highest BCUT2D eigenvalue weighted by Crippen LogP contribution is 2.23. The zero-order valence-electron chi connectivity index (χ0n) is 16.4. The fourth-order valence-electron chi connectivity index (χ4n) is 2.74. The third kappa shape index (κ3) is 6.78. The Bertz CT molecular complexity index is 756. The number of likely N-dealkylation sites (N-methyl/N-ethyl adjacent to an activating group) is 1. The largest absolute Gasteiger partial charge is 0.492 e. The zero-order valence-corrected chi connectivity index (χ0v) is 17.3. The van der Waals surface area contributed by atoms with Crippen molar-refractivity contribution < 1.29 is 4.74 Å². The highest BCUT2D eigenvalue weighted by molar-refractivity contribution is 7.99. The molecule has 0 aliphatic rings. The second-order valence-electron chi connectivity index (χ2n) is 6.07. The van der Waals surface area contributed by atoms with Gasteiger partial charge in [0, 0.05) is 11.4 Å². The normalized spacial score (nSPS) is 11.4. The minimum absolute atomic E-state index is 0.653. The van der Waals surface area contributed by atoms with Crippen LogP contribution in [0.1, 0.15) is 31.9 Å². The molecule has 27 heavy (non-hydrogen) atoms. The first-order valence-corrected chi connectivity index (χ1v) is 10.5. The van der Waals surface area contributed by atoms with Gasteiger partial charge in [-0.05, 0) is 72.4 Å². The number of hydrogen-bond donors (Lipinski definition) is 0. The van der Waals surface area contributed by atoms with Crippen LogP contribution in [0.15, 0.2) is 53.4 Å². The second kappa shape index (κ2) is 11.5. The molecule has 0 aliphatic carbocycles. The number of ether oxygens (including phenoxy) is 1. The predicted molar refractivity (Wildman–Crippen MR) is 116 cm³/mol. The van der Waals surface area contributed by atoms with Gasteiger partial charge in [0.15, 0.2) is 0 Å². The van der Waals surface area contributed by atoms with Gasteiger partial charge >= 0.3 is 0 Å². The van der Waals surface area contributed by atoms with E-state index < -0.39 is 0 Å². The summed E-state index contributed by atoms with van der Waals surface area (Å²) in [4.78, 5) is 3.58. The van der Waals surface area contributed by atoms with E-state index in [-0.39, 0.29) is 0 Å². The summed E-state index contributed by atoms with van der Waals surface area (Å²) < 4.78 is 5.82. The zero-order chi connectivity index (χ0) is 19.5. The van der Waals surface area contributed by atoms with Gasteiger partial charge in [-0.2, -0.15) is 5.26 Å². The number of rotatable bonds is 10. The first kappa shape index (κ1) is 21.1. The number of benzene rings is 2. The molecule has 0 spiro atoms. The Morgan fingerprint density at radius 1 is 1.04 bits per heavy atom. The summed E-state index contributed by atoms with van der Waals surface area (Å²) in [6.07, 6.45) is 1.93. The third-order valence-electron chi connectivity index (χ3n) is 4.36. The molecular formula is C23H28N2OS. The van der Waals surface area contributed by atoms with Crippen molar-refractivity contribution in [2.75, 3.05) is 32.0 Å². The van der Waals surface area contributed by atoms with Crippen molar-refractivity contribution in [2.24, 2.45) is 0 Å². The average Bonchev–Trinajstić information content (AvgIpc) is 2.71. The van der Waals surface area contributed by atoms with Crippen molar-refractivity contribution in [1.82, 2.24) is 4.90 Å². The van der Waals surface area contributed by atoms with Crippen LogP contribution in [0, 0.1) is 11.3 Å². The molecule has 0 N–H and O–H groups in total. The fourth-order valence-corrected chi connectivity index (χ4v) is 3.40. The lowest BCUT2D eigenvalue weighted by Crippen LogP contribution is -2.27. The molecular weight excluding hydrogens is 352 g/mol. The van der Waals surface area contributed by atoms with Gasteiger partial charge in [0.25, 0.3) is 0 Å². The quantitative estimate of drug-likeness (QED) is 0.306. The van der Waals surface area contributed by atoms with E-state index in [2.05, 4.69) is 56.0 Å². The summed E-state index contributed by atoms with van der Waals surface area (Å²) in [6.45, 7) is 10.1. The van der Waals surface area contributed by atoms with E-state index in [1.54, 1.807) is 0 Å². The molecule has 0 saturated carbocycles. The van der Waals surface area contributed by atoms with Crippen molar-refractivity contribution in [1.29, 1.82) is 5.26 Å². The molecule has 0 radical (unpaired) electrons. The van der Waals surface area contributed by atoms with Crippen molar-refractivity contribution in [3.05, 3.63) is 59.7 Å². The molecule has 0 fully saturated rings. The molecule has 2 rings (SSSR count). The number of nitriles is 1. The first-order chi connectivity index (χ1) is 13.2. The summed E-state index contributed by atoms with van der Waals surface area (Å²) >= 11 is 1.81. The van der Waals surface area contributed by atoms with Crippen LogP contribution in [-0.2, 0) is 0 Å². The first-order valence-electron chi connectivity index (χ1n) is 9.50. The number of thioether (sulfide) groups is 1. The summed E-state index contributed by atoms with van der Waals surface area (Å²) in [5.74, 6) is 1.89. The molecule has 0 bridgehead atoms. The molecule has 0 atom stereocenters. The van der Waals surface area contributed by atoms with Crippen LogP contribution >= 0.6 is 11.8 Å². The average molecular weight is 381 g/mol. The highest BCUT2D eigenvalue weighted by atomic mass is 32.2. The Balaban J connectivity index is 2.01. The van der Waals surface area contributed by atoms with Crippen molar-refractivity contribution >= 4 is 23.4 Å². The lowest BCUT2D eigenvalue weighted by atomic mass is 10.0. The van der Waals surface area contributed by atoms with Crippen LogP contribution in [0.5, 0.6) is 5.75 Å². The van der Waals surface area contributed by atoms with E-state index in [9.17, 15) is 5.26 Å². The van der Waals surface area contributed by atoms with Gasteiger partial charge < -0.3 is 9.64 Å². The molecule has 0 unspecified atom stereocenters. The molecule has 0 saturated heterocycles. The number of hydrogen-bond acceptors (Lipinski definition) is 4. The van der Waals surface area contributed by atoms with Crippen LogP contribution in [0.25, 0.3) is 11.6 Å².